The lowest BCUT2D eigenvalue weighted by atomic mass is 10.4. The molecule has 0 saturated heterocycles. The first kappa shape index (κ1) is 14.3. The summed E-state index contributed by atoms with van der Waals surface area (Å²) in [5.41, 5.74) is 0.444. The Morgan fingerprint density at radius 2 is 1.81 bits per heavy atom. The second kappa shape index (κ2) is 5.65. The highest BCUT2D eigenvalue weighted by Crippen LogP contribution is 2.24. The van der Waals surface area contributed by atoms with Gasteiger partial charge in [-0.3, -0.25) is 4.72 Å². The predicted octanol–water partition coefficient (Wildman–Crippen LogP) is 3.22. The monoisotopic (exact) mass is 367 g/mol. The molecule has 5 nitrogen and oxygen atoms in total. The molecule has 2 aromatic rings. The lowest BCUT2D eigenvalue weighted by Crippen LogP contribution is -2.13. The number of nitrogens with one attached hydrogen (secondary N) is 2. The topological polar surface area (TPSA) is 71.1 Å². The third-order valence-electron chi connectivity index (χ3n) is 3.07. The van der Waals surface area contributed by atoms with Crippen LogP contribution in [0.25, 0.3) is 0 Å². The van der Waals surface area contributed by atoms with Crippen LogP contribution in [0.15, 0.2) is 52.0 Å². The molecule has 2 N–H and O–H groups in total. The molecule has 1 saturated carbocycles. The number of anilines is 2. The fraction of sp³-hybridized carbons (Fsp3) is 0.214. The highest BCUT2D eigenvalue weighted by molar-refractivity contribution is 9.10. The van der Waals surface area contributed by atoms with Crippen LogP contribution < -0.4 is 10.0 Å². The number of benzene rings is 1. The van der Waals surface area contributed by atoms with Crippen molar-refractivity contribution in [3.05, 3.63) is 47.1 Å². The summed E-state index contributed by atoms with van der Waals surface area (Å²) in [6.45, 7) is 0. The SMILES string of the molecule is O=S(=O)(Nc1ccc(NC2CC2)nc1)c1ccc(Br)cc1. The summed E-state index contributed by atoms with van der Waals surface area (Å²) in [6, 6.07) is 10.5. The van der Waals surface area contributed by atoms with Gasteiger partial charge in [0.25, 0.3) is 10.0 Å². The second-order valence-electron chi connectivity index (χ2n) is 4.91. The van der Waals surface area contributed by atoms with Crippen molar-refractivity contribution in [2.24, 2.45) is 0 Å². The summed E-state index contributed by atoms with van der Waals surface area (Å²) in [5.74, 6) is 0.768. The van der Waals surface area contributed by atoms with Gasteiger partial charge in [-0.1, -0.05) is 15.9 Å². The highest BCUT2D eigenvalue weighted by Gasteiger charge is 2.21. The Labute approximate surface area is 132 Å². The summed E-state index contributed by atoms with van der Waals surface area (Å²) in [6.07, 6.45) is 3.85. The summed E-state index contributed by atoms with van der Waals surface area (Å²) < 4.78 is 27.8. The summed E-state index contributed by atoms with van der Waals surface area (Å²) in [7, 11) is -3.58. The average Bonchev–Trinajstić information content (AvgIpc) is 3.25. The van der Waals surface area contributed by atoms with E-state index in [1.54, 1.807) is 36.4 Å². The van der Waals surface area contributed by atoms with Gasteiger partial charge in [0.2, 0.25) is 0 Å². The fourth-order valence-electron chi connectivity index (χ4n) is 1.80. The molecule has 7 heteroatoms. The zero-order valence-electron chi connectivity index (χ0n) is 11.1. The number of aromatic nitrogens is 1. The molecule has 21 heavy (non-hydrogen) atoms. The van der Waals surface area contributed by atoms with Crippen LogP contribution in [0.1, 0.15) is 12.8 Å². The largest absolute Gasteiger partial charge is 0.367 e. The van der Waals surface area contributed by atoms with Crippen LogP contribution in [0.4, 0.5) is 11.5 Å². The van der Waals surface area contributed by atoms with E-state index in [9.17, 15) is 8.42 Å². The zero-order chi connectivity index (χ0) is 14.9. The van der Waals surface area contributed by atoms with Gasteiger partial charge in [-0.25, -0.2) is 13.4 Å². The molecular weight excluding hydrogens is 354 g/mol. The Balaban J connectivity index is 1.73. The fourth-order valence-corrected chi connectivity index (χ4v) is 3.11. The Kier molecular flexibility index (Phi) is 3.86. The number of sulfonamides is 1. The van der Waals surface area contributed by atoms with Crippen molar-refractivity contribution in [1.29, 1.82) is 0 Å². The second-order valence-corrected chi connectivity index (χ2v) is 7.51. The Bertz CT molecular complexity index is 726. The molecule has 3 rings (SSSR count). The van der Waals surface area contributed by atoms with Gasteiger partial charge in [0.15, 0.2) is 0 Å². The molecule has 1 heterocycles. The number of nitrogens with zero attached hydrogens (tertiary/aromatic N) is 1. The molecular formula is C14H14BrN3O2S. The maximum atomic E-state index is 12.2. The van der Waals surface area contributed by atoms with Crippen molar-refractivity contribution in [2.45, 2.75) is 23.8 Å². The van der Waals surface area contributed by atoms with Gasteiger partial charge in [0.1, 0.15) is 5.82 Å². The van der Waals surface area contributed by atoms with E-state index < -0.39 is 10.0 Å². The maximum absolute atomic E-state index is 12.2. The molecule has 1 aliphatic rings. The van der Waals surface area contributed by atoms with Gasteiger partial charge in [0.05, 0.1) is 16.8 Å². The normalized spacial score (nSPS) is 14.7. The lowest BCUT2D eigenvalue weighted by molar-refractivity contribution is 0.601. The van der Waals surface area contributed by atoms with Gasteiger partial charge >= 0.3 is 0 Å². The van der Waals surface area contributed by atoms with Crippen LogP contribution >= 0.6 is 15.9 Å². The molecule has 0 spiro atoms. The van der Waals surface area contributed by atoms with Crippen LogP contribution in [0.2, 0.25) is 0 Å². The minimum absolute atomic E-state index is 0.214. The molecule has 0 aliphatic heterocycles. The maximum Gasteiger partial charge on any atom is 0.261 e. The van der Waals surface area contributed by atoms with Crippen LogP contribution in [-0.2, 0) is 10.0 Å². The molecule has 110 valence electrons. The zero-order valence-corrected chi connectivity index (χ0v) is 13.5. The van der Waals surface area contributed by atoms with E-state index in [0.717, 1.165) is 10.3 Å². The average molecular weight is 368 g/mol. The van der Waals surface area contributed by atoms with E-state index in [1.165, 1.54) is 19.0 Å². The van der Waals surface area contributed by atoms with Crippen LogP contribution in [0.5, 0.6) is 0 Å². The smallest absolute Gasteiger partial charge is 0.261 e. The van der Waals surface area contributed by atoms with Crippen molar-refractivity contribution in [3.63, 3.8) is 0 Å². The number of halogens is 1. The highest BCUT2D eigenvalue weighted by atomic mass is 79.9. The quantitative estimate of drug-likeness (QED) is 0.850. The lowest BCUT2D eigenvalue weighted by Gasteiger charge is -2.09. The van der Waals surface area contributed by atoms with Gasteiger partial charge in [0, 0.05) is 10.5 Å². The first-order valence-electron chi connectivity index (χ1n) is 6.54. The minimum Gasteiger partial charge on any atom is -0.367 e. The van der Waals surface area contributed by atoms with Gasteiger partial charge in [-0.2, -0.15) is 0 Å². The summed E-state index contributed by atoms with van der Waals surface area (Å²) >= 11 is 3.28. The number of hydrogen-bond donors (Lipinski definition) is 2. The van der Waals surface area contributed by atoms with E-state index >= 15 is 0 Å². The van der Waals surface area contributed by atoms with E-state index in [4.69, 9.17) is 0 Å². The van der Waals surface area contributed by atoms with Gasteiger partial charge < -0.3 is 5.32 Å². The van der Waals surface area contributed by atoms with Gasteiger partial charge in [-0.15, -0.1) is 0 Å². The van der Waals surface area contributed by atoms with Crippen molar-refractivity contribution >= 4 is 37.5 Å². The minimum atomic E-state index is -3.58. The van der Waals surface area contributed by atoms with Crippen molar-refractivity contribution in [3.8, 4) is 0 Å². The molecule has 0 amide bonds. The molecule has 1 aromatic heterocycles. The summed E-state index contributed by atoms with van der Waals surface area (Å²) in [5, 5.41) is 3.25. The van der Waals surface area contributed by atoms with Crippen molar-refractivity contribution < 1.29 is 8.42 Å². The van der Waals surface area contributed by atoms with Crippen LogP contribution in [-0.4, -0.2) is 19.4 Å². The Hall–Kier alpha value is -1.60. The molecule has 0 unspecified atom stereocenters. The molecule has 1 aromatic carbocycles. The number of rotatable bonds is 5. The predicted molar refractivity (Wildman–Crippen MR) is 85.8 cm³/mol. The molecule has 0 radical (unpaired) electrons. The van der Waals surface area contributed by atoms with Gasteiger partial charge in [-0.05, 0) is 49.2 Å². The Morgan fingerprint density at radius 3 is 2.38 bits per heavy atom. The number of hydrogen-bond acceptors (Lipinski definition) is 4. The first-order chi connectivity index (χ1) is 10.0. The summed E-state index contributed by atoms with van der Waals surface area (Å²) in [4.78, 5) is 4.42. The van der Waals surface area contributed by atoms with Crippen molar-refractivity contribution in [1.82, 2.24) is 4.98 Å². The standard InChI is InChI=1S/C14H14BrN3O2S/c15-10-1-6-13(7-2-10)21(19,20)18-12-5-8-14(16-9-12)17-11-3-4-11/h1-2,5-9,11,18H,3-4H2,(H,16,17). The van der Waals surface area contributed by atoms with Crippen molar-refractivity contribution in [2.75, 3.05) is 10.0 Å². The third kappa shape index (κ3) is 3.74. The van der Waals surface area contributed by atoms with Crippen LogP contribution in [0, 0.1) is 0 Å². The van der Waals surface area contributed by atoms with E-state index in [1.807, 2.05) is 0 Å². The molecule has 1 aliphatic carbocycles. The Morgan fingerprint density at radius 1 is 1.10 bits per heavy atom. The van der Waals surface area contributed by atoms with E-state index in [-0.39, 0.29) is 4.90 Å². The first-order valence-corrected chi connectivity index (χ1v) is 8.81. The molecule has 0 bridgehead atoms. The van der Waals surface area contributed by atoms with E-state index in [2.05, 4.69) is 31.0 Å². The van der Waals surface area contributed by atoms with Crippen LogP contribution in [0.3, 0.4) is 0 Å². The molecule has 0 atom stereocenters. The van der Waals surface area contributed by atoms with E-state index in [0.29, 0.717) is 11.7 Å². The third-order valence-corrected chi connectivity index (χ3v) is 4.99. The number of pyridine rings is 1. The molecule has 1 fully saturated rings.